The topological polar surface area (TPSA) is 143 Å². The van der Waals surface area contributed by atoms with Crippen LogP contribution >= 0.6 is 0 Å². The minimum atomic E-state index is -0.105. The Labute approximate surface area is 230 Å². The van der Waals surface area contributed by atoms with E-state index in [0.717, 1.165) is 61.8 Å². The zero-order valence-electron chi connectivity index (χ0n) is 22.3. The predicted octanol–water partition coefficient (Wildman–Crippen LogP) is 4.97. The molecule has 0 aromatic carbocycles. The Kier molecular flexibility index (Phi) is 5.38. The number of fused-ring (bicyclic) bond motifs is 3. The van der Waals surface area contributed by atoms with Crippen LogP contribution in [0.25, 0.3) is 39.0 Å². The molecule has 1 saturated heterocycles. The van der Waals surface area contributed by atoms with Gasteiger partial charge in [0.1, 0.15) is 12.0 Å². The van der Waals surface area contributed by atoms with Gasteiger partial charge in [-0.1, -0.05) is 26.8 Å². The number of hydrogen-bond acceptors (Lipinski definition) is 8. The van der Waals surface area contributed by atoms with E-state index in [1.165, 1.54) is 0 Å². The van der Waals surface area contributed by atoms with Crippen molar-refractivity contribution >= 4 is 33.9 Å². The molecule has 2 aliphatic heterocycles. The number of nitrogens with one attached hydrogen (secondary N) is 4. The minimum Gasteiger partial charge on any atom is -0.360 e. The molecule has 1 fully saturated rings. The van der Waals surface area contributed by atoms with Gasteiger partial charge in [-0.05, 0) is 23.6 Å². The van der Waals surface area contributed by atoms with E-state index in [4.69, 9.17) is 9.97 Å². The Hall–Kier alpha value is -5.12. The van der Waals surface area contributed by atoms with Gasteiger partial charge in [-0.15, -0.1) is 0 Å². The molecule has 5 aromatic rings. The first kappa shape index (κ1) is 24.0. The van der Waals surface area contributed by atoms with E-state index in [9.17, 15) is 4.79 Å². The molecule has 198 valence electrons. The number of carbonyl (C=O) groups excluding carboxylic acids is 1. The summed E-state index contributed by atoms with van der Waals surface area (Å²) in [7, 11) is 0. The Balaban J connectivity index is 1.26. The van der Waals surface area contributed by atoms with Crippen LogP contribution in [0.5, 0.6) is 0 Å². The summed E-state index contributed by atoms with van der Waals surface area (Å²) in [6.45, 7) is 6.11. The zero-order chi connectivity index (χ0) is 27.4. The zero-order valence-corrected chi connectivity index (χ0v) is 22.3. The molecule has 7 heterocycles. The number of aromatic nitrogens is 6. The van der Waals surface area contributed by atoms with Crippen molar-refractivity contribution in [3.8, 4) is 22.4 Å². The number of H-pyrrole nitrogens is 1. The molecule has 2 aliphatic rings. The summed E-state index contributed by atoms with van der Waals surface area (Å²) in [4.78, 5) is 38.8. The normalized spacial score (nSPS) is 15.6. The van der Waals surface area contributed by atoms with Crippen LogP contribution in [0.1, 0.15) is 38.6 Å². The van der Waals surface area contributed by atoms with Crippen molar-refractivity contribution < 1.29 is 4.79 Å². The summed E-state index contributed by atoms with van der Waals surface area (Å²) in [5.41, 5.74) is 9.57. The molecule has 1 atom stereocenters. The Bertz CT molecular complexity index is 1820. The van der Waals surface area contributed by atoms with Gasteiger partial charge in [-0.2, -0.15) is 0 Å². The smallest absolute Gasteiger partial charge is 0.224 e. The van der Waals surface area contributed by atoms with Gasteiger partial charge in [0.2, 0.25) is 5.91 Å². The van der Waals surface area contributed by atoms with Crippen LogP contribution in [0, 0.1) is 5.41 Å². The van der Waals surface area contributed by atoms with Crippen molar-refractivity contribution in [3.63, 3.8) is 0 Å². The van der Waals surface area contributed by atoms with Crippen LogP contribution in [-0.2, 0) is 4.79 Å². The summed E-state index contributed by atoms with van der Waals surface area (Å²) < 4.78 is 0. The lowest BCUT2D eigenvalue weighted by Gasteiger charge is -2.18. The molecule has 0 saturated carbocycles. The molecule has 0 aliphatic carbocycles. The van der Waals surface area contributed by atoms with Crippen LogP contribution in [0.2, 0.25) is 0 Å². The third-order valence-corrected chi connectivity index (χ3v) is 6.86. The molecule has 1 amide bonds. The summed E-state index contributed by atoms with van der Waals surface area (Å²) in [5.74, 6) is 0.705. The molecular formula is C30H27N9O. The number of hydrogen-bond donors (Lipinski definition) is 4. The van der Waals surface area contributed by atoms with E-state index in [1.54, 1.807) is 24.8 Å². The second kappa shape index (κ2) is 8.98. The number of rotatable bonds is 5. The molecule has 40 heavy (non-hydrogen) atoms. The number of amides is 1. The van der Waals surface area contributed by atoms with E-state index in [0.29, 0.717) is 12.1 Å². The molecule has 0 radical (unpaired) electrons. The van der Waals surface area contributed by atoms with Crippen molar-refractivity contribution in [2.24, 2.45) is 5.41 Å². The first-order chi connectivity index (χ1) is 19.3. The second-order valence-electron chi connectivity index (χ2n) is 11.3. The van der Waals surface area contributed by atoms with E-state index in [-0.39, 0.29) is 17.5 Å². The van der Waals surface area contributed by atoms with E-state index in [1.807, 2.05) is 63.6 Å². The van der Waals surface area contributed by atoms with Gasteiger partial charge >= 0.3 is 0 Å². The number of imidazole rings is 1. The maximum Gasteiger partial charge on any atom is 0.224 e. The third-order valence-electron chi connectivity index (χ3n) is 6.86. The molecule has 1 unspecified atom stereocenters. The molecule has 0 spiro atoms. The summed E-state index contributed by atoms with van der Waals surface area (Å²) in [6, 6.07) is 7.84. The van der Waals surface area contributed by atoms with E-state index in [2.05, 4.69) is 35.9 Å². The Morgan fingerprint density at radius 1 is 0.950 bits per heavy atom. The van der Waals surface area contributed by atoms with Gasteiger partial charge in [0.05, 0.1) is 52.4 Å². The van der Waals surface area contributed by atoms with Crippen molar-refractivity contribution in [1.82, 2.24) is 35.2 Å². The number of carbonyl (C=O) groups is 1. The SMILES string of the molecule is CC(C)(C)CC(=O)Nc1cncc(-c2cc3c(cn2)NC2NC2=C3c2nc3c(-c4cccnc4)cncc3[nH]2)c1. The van der Waals surface area contributed by atoms with Crippen LogP contribution in [0.15, 0.2) is 73.3 Å². The fourth-order valence-electron chi connectivity index (χ4n) is 5.05. The first-order valence-electron chi connectivity index (χ1n) is 13.1. The van der Waals surface area contributed by atoms with Gasteiger partial charge < -0.3 is 20.9 Å². The lowest BCUT2D eigenvalue weighted by molar-refractivity contribution is -0.117. The largest absolute Gasteiger partial charge is 0.360 e. The highest BCUT2D eigenvalue weighted by molar-refractivity contribution is 5.97. The molecule has 10 heteroatoms. The van der Waals surface area contributed by atoms with Crippen molar-refractivity contribution in [2.45, 2.75) is 33.4 Å². The maximum absolute atomic E-state index is 12.5. The monoisotopic (exact) mass is 529 g/mol. The van der Waals surface area contributed by atoms with Crippen LogP contribution in [0.3, 0.4) is 0 Å². The van der Waals surface area contributed by atoms with Gasteiger partial charge in [0, 0.05) is 59.0 Å². The standard InChI is InChI=1S/C30H27N9O/c1-30(2,3)9-24(40)35-18-7-17(11-32-12-18)21-8-19-22(15-34-21)36-29-27(39-29)25(19)28-37-23-14-33-13-20(26(23)38-28)16-5-4-6-31-10-16/h4-8,10-15,29,36,39H,9H2,1-3H3,(H,35,40)(H,37,38). The lowest BCUT2D eigenvalue weighted by Crippen LogP contribution is -2.19. The highest BCUT2D eigenvalue weighted by Gasteiger charge is 2.39. The molecule has 0 bridgehead atoms. The number of nitrogens with zero attached hydrogens (tertiary/aromatic N) is 5. The highest BCUT2D eigenvalue weighted by atomic mass is 16.1. The number of pyridine rings is 4. The average molecular weight is 530 g/mol. The Morgan fingerprint density at radius 3 is 2.62 bits per heavy atom. The fraction of sp³-hybridized carbons (Fsp3) is 0.200. The van der Waals surface area contributed by atoms with E-state index < -0.39 is 0 Å². The number of anilines is 2. The van der Waals surface area contributed by atoms with Crippen molar-refractivity contribution in [3.05, 3.63) is 84.7 Å². The maximum atomic E-state index is 12.5. The lowest BCUT2D eigenvalue weighted by atomic mass is 9.92. The van der Waals surface area contributed by atoms with Gasteiger partial charge in [-0.3, -0.25) is 24.7 Å². The van der Waals surface area contributed by atoms with Crippen LogP contribution < -0.4 is 16.0 Å². The van der Waals surface area contributed by atoms with Crippen molar-refractivity contribution in [2.75, 3.05) is 10.6 Å². The van der Waals surface area contributed by atoms with Gasteiger partial charge in [0.25, 0.3) is 0 Å². The third kappa shape index (κ3) is 4.43. The minimum absolute atomic E-state index is 0.0438. The van der Waals surface area contributed by atoms with Gasteiger partial charge in [-0.25, -0.2) is 4.98 Å². The first-order valence-corrected chi connectivity index (χ1v) is 13.1. The van der Waals surface area contributed by atoms with Gasteiger partial charge in [0.15, 0.2) is 0 Å². The molecule has 5 aromatic heterocycles. The van der Waals surface area contributed by atoms with E-state index >= 15 is 0 Å². The fourth-order valence-corrected chi connectivity index (χ4v) is 5.05. The van der Waals surface area contributed by atoms with Crippen LogP contribution in [-0.4, -0.2) is 42.0 Å². The second-order valence-corrected chi connectivity index (χ2v) is 11.3. The number of aromatic amines is 1. The van der Waals surface area contributed by atoms with Crippen molar-refractivity contribution in [1.29, 1.82) is 0 Å². The predicted molar refractivity (Wildman–Crippen MR) is 154 cm³/mol. The molecular weight excluding hydrogens is 502 g/mol. The quantitative estimate of drug-likeness (QED) is 0.234. The summed E-state index contributed by atoms with van der Waals surface area (Å²) >= 11 is 0. The van der Waals surface area contributed by atoms with Crippen LogP contribution in [0.4, 0.5) is 11.4 Å². The Morgan fingerprint density at radius 2 is 1.80 bits per heavy atom. The molecule has 10 nitrogen and oxygen atoms in total. The highest BCUT2D eigenvalue weighted by Crippen LogP contribution is 2.43. The summed E-state index contributed by atoms with van der Waals surface area (Å²) in [6.07, 6.45) is 12.9. The molecule has 4 N–H and O–H groups in total. The molecule has 7 rings (SSSR count). The average Bonchev–Trinajstić information content (AvgIpc) is 3.57. The summed E-state index contributed by atoms with van der Waals surface area (Å²) in [5, 5.41) is 9.86.